The maximum absolute atomic E-state index is 13.0. The molecule has 2 N–H and O–H groups in total. The SMILES string of the molecule is CC1(O)CCC(n2cc(C(=O)Nc3c(Cl)cncc3Cl)c(=O)c3cccnc32)CC1. The van der Waals surface area contributed by atoms with Gasteiger partial charge in [0.05, 0.1) is 26.7 Å². The molecule has 3 heterocycles. The Labute approximate surface area is 182 Å². The number of hydrogen-bond donors (Lipinski definition) is 2. The smallest absolute Gasteiger partial charge is 0.261 e. The van der Waals surface area contributed by atoms with Crippen LogP contribution in [0.25, 0.3) is 11.0 Å². The summed E-state index contributed by atoms with van der Waals surface area (Å²) in [6.07, 6.45) is 8.56. The summed E-state index contributed by atoms with van der Waals surface area (Å²) in [5, 5.41) is 13.6. The van der Waals surface area contributed by atoms with Crippen molar-refractivity contribution >= 4 is 45.8 Å². The highest BCUT2D eigenvalue weighted by molar-refractivity contribution is 6.39. The first-order valence-electron chi connectivity index (χ1n) is 9.59. The van der Waals surface area contributed by atoms with Crippen molar-refractivity contribution in [2.24, 2.45) is 0 Å². The number of pyridine rings is 3. The standard InChI is InChI=1S/C21H20Cl2N4O3/c1-21(30)6-4-12(5-7-21)27-11-14(18(28)13-3-2-8-25-19(13)27)20(29)26-17-15(22)9-24-10-16(17)23/h2-3,8-12,30H,4-7H2,1H3,(H,24,26,29). The van der Waals surface area contributed by atoms with Gasteiger partial charge in [-0.25, -0.2) is 4.98 Å². The Bertz CT molecular complexity index is 1160. The van der Waals surface area contributed by atoms with Crippen molar-refractivity contribution in [2.75, 3.05) is 5.32 Å². The summed E-state index contributed by atoms with van der Waals surface area (Å²) in [6, 6.07) is 3.34. The number of aromatic nitrogens is 3. The number of hydrogen-bond acceptors (Lipinski definition) is 5. The Morgan fingerprint density at radius 3 is 2.60 bits per heavy atom. The van der Waals surface area contributed by atoms with Gasteiger partial charge in [-0.1, -0.05) is 23.2 Å². The van der Waals surface area contributed by atoms with E-state index in [4.69, 9.17) is 23.2 Å². The summed E-state index contributed by atoms with van der Waals surface area (Å²) in [4.78, 5) is 34.3. The van der Waals surface area contributed by atoms with Crippen LogP contribution in [0.1, 0.15) is 49.0 Å². The number of anilines is 1. The van der Waals surface area contributed by atoms with Crippen molar-refractivity contribution in [3.05, 3.63) is 62.8 Å². The summed E-state index contributed by atoms with van der Waals surface area (Å²) < 4.78 is 1.87. The van der Waals surface area contributed by atoms with Crippen LogP contribution in [0, 0.1) is 0 Å². The molecule has 0 bridgehead atoms. The molecule has 1 fully saturated rings. The number of nitrogens with one attached hydrogen (secondary N) is 1. The van der Waals surface area contributed by atoms with Gasteiger partial charge in [0.2, 0.25) is 5.43 Å². The van der Waals surface area contributed by atoms with Crippen molar-refractivity contribution in [1.29, 1.82) is 0 Å². The number of fused-ring (bicyclic) bond motifs is 1. The van der Waals surface area contributed by atoms with Gasteiger partial charge in [0, 0.05) is 30.8 Å². The van der Waals surface area contributed by atoms with Crippen LogP contribution in [-0.4, -0.2) is 31.1 Å². The second kappa shape index (κ2) is 7.98. The minimum absolute atomic E-state index is 0.0166. The summed E-state index contributed by atoms with van der Waals surface area (Å²) >= 11 is 12.2. The van der Waals surface area contributed by atoms with Crippen LogP contribution in [0.4, 0.5) is 5.69 Å². The van der Waals surface area contributed by atoms with Crippen molar-refractivity contribution < 1.29 is 9.90 Å². The second-order valence-electron chi connectivity index (χ2n) is 7.81. The molecule has 156 valence electrons. The third-order valence-electron chi connectivity index (χ3n) is 5.55. The van der Waals surface area contributed by atoms with Gasteiger partial charge in [-0.05, 0) is 44.7 Å². The Hall–Kier alpha value is -2.48. The molecule has 1 amide bonds. The van der Waals surface area contributed by atoms with E-state index >= 15 is 0 Å². The minimum atomic E-state index is -0.701. The fraction of sp³-hybridized carbons (Fsp3) is 0.333. The molecule has 9 heteroatoms. The molecule has 0 spiro atoms. The van der Waals surface area contributed by atoms with E-state index in [1.54, 1.807) is 24.5 Å². The van der Waals surface area contributed by atoms with E-state index in [-0.39, 0.29) is 27.3 Å². The first-order chi connectivity index (χ1) is 14.3. The molecule has 0 unspecified atom stereocenters. The number of carbonyl (C=O) groups is 1. The van der Waals surface area contributed by atoms with Gasteiger partial charge in [-0.3, -0.25) is 14.6 Å². The molecule has 0 aliphatic heterocycles. The predicted octanol–water partition coefficient (Wildman–Crippen LogP) is 4.22. The van der Waals surface area contributed by atoms with Gasteiger partial charge >= 0.3 is 0 Å². The van der Waals surface area contributed by atoms with E-state index in [1.807, 2.05) is 11.5 Å². The molecule has 0 atom stereocenters. The highest BCUT2D eigenvalue weighted by Gasteiger charge is 2.31. The number of carbonyl (C=O) groups excluding carboxylic acids is 1. The molecular weight excluding hydrogens is 427 g/mol. The lowest BCUT2D eigenvalue weighted by atomic mass is 9.83. The van der Waals surface area contributed by atoms with E-state index in [0.29, 0.717) is 36.7 Å². The quantitative estimate of drug-likeness (QED) is 0.627. The minimum Gasteiger partial charge on any atom is -0.390 e. The van der Waals surface area contributed by atoms with Gasteiger partial charge in [0.15, 0.2) is 0 Å². The summed E-state index contributed by atoms with van der Waals surface area (Å²) in [6.45, 7) is 1.83. The highest BCUT2D eigenvalue weighted by Crippen LogP contribution is 2.36. The molecule has 3 aromatic heterocycles. The molecule has 0 radical (unpaired) electrons. The summed E-state index contributed by atoms with van der Waals surface area (Å²) in [7, 11) is 0. The first kappa shape index (κ1) is 20.8. The molecule has 3 aromatic rings. The molecule has 0 aromatic carbocycles. The number of nitrogens with zero attached hydrogens (tertiary/aromatic N) is 3. The number of aliphatic hydroxyl groups is 1. The van der Waals surface area contributed by atoms with Crippen LogP contribution in [-0.2, 0) is 0 Å². The Morgan fingerprint density at radius 2 is 1.93 bits per heavy atom. The molecule has 1 aliphatic carbocycles. The zero-order valence-electron chi connectivity index (χ0n) is 16.2. The Kier molecular flexibility index (Phi) is 5.53. The van der Waals surface area contributed by atoms with Gasteiger partial charge < -0.3 is 15.0 Å². The fourth-order valence-corrected chi connectivity index (χ4v) is 4.30. The van der Waals surface area contributed by atoms with Crippen LogP contribution < -0.4 is 10.7 Å². The summed E-state index contributed by atoms with van der Waals surface area (Å²) in [5.41, 5.74) is -0.434. The number of halogens is 2. The van der Waals surface area contributed by atoms with Crippen LogP contribution in [0.3, 0.4) is 0 Å². The lowest BCUT2D eigenvalue weighted by Gasteiger charge is -2.34. The summed E-state index contributed by atoms with van der Waals surface area (Å²) in [5.74, 6) is -0.614. The van der Waals surface area contributed by atoms with Crippen molar-refractivity contribution in [1.82, 2.24) is 14.5 Å². The number of rotatable bonds is 3. The van der Waals surface area contributed by atoms with Crippen LogP contribution >= 0.6 is 23.2 Å². The average Bonchev–Trinajstić information content (AvgIpc) is 2.71. The molecule has 1 aliphatic rings. The largest absolute Gasteiger partial charge is 0.390 e. The van der Waals surface area contributed by atoms with Gasteiger partial charge in [0.1, 0.15) is 11.2 Å². The predicted molar refractivity (Wildman–Crippen MR) is 116 cm³/mol. The zero-order chi connectivity index (χ0) is 21.5. The third kappa shape index (κ3) is 3.93. The fourth-order valence-electron chi connectivity index (χ4n) is 3.84. The maximum atomic E-state index is 13.0. The molecule has 0 saturated heterocycles. The highest BCUT2D eigenvalue weighted by atomic mass is 35.5. The van der Waals surface area contributed by atoms with E-state index < -0.39 is 16.9 Å². The van der Waals surface area contributed by atoms with Gasteiger partial charge in [-0.2, -0.15) is 0 Å². The average molecular weight is 447 g/mol. The maximum Gasteiger partial charge on any atom is 0.261 e. The Balaban J connectivity index is 1.78. The van der Waals surface area contributed by atoms with Gasteiger partial charge in [-0.15, -0.1) is 0 Å². The van der Waals surface area contributed by atoms with E-state index in [1.165, 1.54) is 12.4 Å². The Morgan fingerprint density at radius 1 is 1.27 bits per heavy atom. The van der Waals surface area contributed by atoms with Crippen LogP contribution in [0.15, 0.2) is 41.7 Å². The van der Waals surface area contributed by atoms with E-state index in [9.17, 15) is 14.7 Å². The molecule has 7 nitrogen and oxygen atoms in total. The van der Waals surface area contributed by atoms with Crippen LogP contribution in [0.2, 0.25) is 10.0 Å². The lowest BCUT2D eigenvalue weighted by Crippen LogP contribution is -2.32. The molecule has 1 saturated carbocycles. The first-order valence-corrected chi connectivity index (χ1v) is 10.3. The third-order valence-corrected chi connectivity index (χ3v) is 6.12. The van der Waals surface area contributed by atoms with Crippen molar-refractivity contribution in [3.63, 3.8) is 0 Å². The van der Waals surface area contributed by atoms with Crippen molar-refractivity contribution in [2.45, 2.75) is 44.2 Å². The molecule has 30 heavy (non-hydrogen) atoms. The molecular formula is C21H20Cl2N4O3. The van der Waals surface area contributed by atoms with E-state index in [0.717, 1.165) is 0 Å². The van der Waals surface area contributed by atoms with Gasteiger partial charge in [0.25, 0.3) is 5.91 Å². The van der Waals surface area contributed by atoms with E-state index in [2.05, 4.69) is 15.3 Å². The van der Waals surface area contributed by atoms with Crippen molar-refractivity contribution in [3.8, 4) is 0 Å². The number of amides is 1. The molecule has 4 rings (SSSR count). The second-order valence-corrected chi connectivity index (χ2v) is 8.63. The lowest BCUT2D eigenvalue weighted by molar-refractivity contribution is 0.0103. The normalized spacial score (nSPS) is 21.5. The zero-order valence-corrected chi connectivity index (χ0v) is 17.7. The monoisotopic (exact) mass is 446 g/mol. The topological polar surface area (TPSA) is 97.1 Å². The van der Waals surface area contributed by atoms with Crippen LogP contribution in [0.5, 0.6) is 0 Å².